The first-order valence-electron chi connectivity index (χ1n) is 19.5. The summed E-state index contributed by atoms with van der Waals surface area (Å²) in [5.74, 6) is 2.05. The Hall–Kier alpha value is -5.12. The fourth-order valence-corrected chi connectivity index (χ4v) is 8.99. The normalized spacial score (nSPS) is 23.1. The number of nitrogens with one attached hydrogen (secondary N) is 2. The molecule has 4 atom stereocenters. The Labute approximate surface area is 316 Å². The van der Waals surface area contributed by atoms with E-state index in [1.165, 1.54) is 0 Å². The topological polar surface area (TPSA) is 116 Å². The van der Waals surface area contributed by atoms with Gasteiger partial charge < -0.3 is 19.4 Å². The third-order valence-electron chi connectivity index (χ3n) is 11.8. The number of rotatable bonds is 5. The van der Waals surface area contributed by atoms with Gasteiger partial charge in [-0.2, -0.15) is 0 Å². The number of piperidine rings is 1. The van der Waals surface area contributed by atoms with Crippen LogP contribution in [0.15, 0.2) is 73.1 Å². The number of aromatic nitrogens is 4. The van der Waals surface area contributed by atoms with Crippen LogP contribution in [0.3, 0.4) is 0 Å². The van der Waals surface area contributed by atoms with Crippen LogP contribution in [0.25, 0.3) is 44.4 Å². The molecule has 2 N–H and O–H groups in total. The average Bonchev–Trinajstić information content (AvgIpc) is 3.74. The first-order valence-corrected chi connectivity index (χ1v) is 19.5. The Balaban J connectivity index is 0.900. The molecule has 10 heteroatoms. The van der Waals surface area contributed by atoms with Gasteiger partial charge in [-0.1, -0.05) is 48.5 Å². The molecule has 2 amide bonds. The van der Waals surface area contributed by atoms with Crippen molar-refractivity contribution < 1.29 is 19.1 Å². The Morgan fingerprint density at radius 2 is 1.30 bits per heavy atom. The Morgan fingerprint density at radius 3 is 1.98 bits per heavy atom. The number of likely N-dealkylation sites (tertiary alicyclic amines) is 2. The molecule has 2 saturated heterocycles. The molecule has 280 valence electrons. The summed E-state index contributed by atoms with van der Waals surface area (Å²) in [6.07, 6.45) is 9.60. The molecule has 2 aliphatic carbocycles. The van der Waals surface area contributed by atoms with Crippen molar-refractivity contribution in [2.75, 3.05) is 6.54 Å². The Kier molecular flexibility index (Phi) is 7.99. The number of benzene rings is 3. The minimum Gasteiger partial charge on any atom is -0.444 e. The maximum atomic E-state index is 13.2. The van der Waals surface area contributed by atoms with Crippen molar-refractivity contribution >= 4 is 23.0 Å². The molecular formula is C44H50N6O4. The van der Waals surface area contributed by atoms with Crippen molar-refractivity contribution in [2.45, 2.75) is 109 Å². The predicted molar refractivity (Wildman–Crippen MR) is 208 cm³/mol. The lowest BCUT2D eigenvalue weighted by molar-refractivity contribution is 0.00613. The lowest BCUT2D eigenvalue weighted by Crippen LogP contribution is -2.43. The molecule has 2 aliphatic heterocycles. The van der Waals surface area contributed by atoms with Crippen LogP contribution in [0.1, 0.15) is 104 Å². The molecule has 3 aromatic carbocycles. The zero-order valence-corrected chi connectivity index (χ0v) is 32.1. The number of nitrogens with zero attached hydrogens (tertiary/aromatic N) is 4. The van der Waals surface area contributed by atoms with Crippen LogP contribution in [0.2, 0.25) is 0 Å². The molecule has 1 spiro atoms. The highest BCUT2D eigenvalue weighted by molar-refractivity contribution is 5.90. The molecule has 9 rings (SSSR count). The maximum absolute atomic E-state index is 13.2. The number of hydrogen-bond donors (Lipinski definition) is 2. The van der Waals surface area contributed by atoms with Gasteiger partial charge >= 0.3 is 12.2 Å². The lowest BCUT2D eigenvalue weighted by Gasteiger charge is -2.35. The van der Waals surface area contributed by atoms with E-state index in [1.54, 1.807) is 0 Å². The molecule has 4 aliphatic rings. The van der Waals surface area contributed by atoms with Gasteiger partial charge in [0.1, 0.15) is 22.9 Å². The zero-order chi connectivity index (χ0) is 37.6. The Bertz CT molecular complexity index is 2240. The SMILES string of the molecule is CC(C)(C)OC(=O)N1CC2(CC2)C[C@H]1c1ncc(-c2ccc3cc(-c4ccc(-c5cnc([C@@H]6[C@H]7CC[C@H](C7)N6C(=O)OC(C)(C)C)[nH]5)cc4)ccc3c2)[nH]1. The van der Waals surface area contributed by atoms with E-state index in [4.69, 9.17) is 19.4 Å². The first kappa shape index (κ1) is 34.6. The summed E-state index contributed by atoms with van der Waals surface area (Å²) >= 11 is 0. The molecule has 2 saturated carbocycles. The third-order valence-corrected chi connectivity index (χ3v) is 11.8. The molecule has 4 heterocycles. The monoisotopic (exact) mass is 726 g/mol. The fraction of sp³-hybridized carbons (Fsp3) is 0.455. The summed E-state index contributed by atoms with van der Waals surface area (Å²) in [5.41, 5.74) is 5.38. The van der Waals surface area contributed by atoms with Gasteiger partial charge in [-0.05, 0) is 131 Å². The summed E-state index contributed by atoms with van der Waals surface area (Å²) in [6.45, 7) is 12.2. The third kappa shape index (κ3) is 6.54. The quantitative estimate of drug-likeness (QED) is 0.186. The second-order valence-electron chi connectivity index (χ2n) is 18.1. The van der Waals surface area contributed by atoms with E-state index in [9.17, 15) is 9.59 Å². The van der Waals surface area contributed by atoms with Crippen LogP contribution in [-0.4, -0.2) is 65.7 Å². The van der Waals surface area contributed by atoms with Crippen molar-refractivity contribution in [3.8, 4) is 33.6 Å². The fourth-order valence-electron chi connectivity index (χ4n) is 8.99. The lowest BCUT2D eigenvalue weighted by atomic mass is 9.98. The molecule has 2 bridgehead atoms. The van der Waals surface area contributed by atoms with Crippen LogP contribution in [0.4, 0.5) is 9.59 Å². The zero-order valence-electron chi connectivity index (χ0n) is 32.1. The van der Waals surface area contributed by atoms with Crippen LogP contribution in [-0.2, 0) is 9.47 Å². The highest BCUT2D eigenvalue weighted by Crippen LogP contribution is 2.58. The molecule has 0 unspecified atom stereocenters. The van der Waals surface area contributed by atoms with Crippen molar-refractivity contribution in [3.63, 3.8) is 0 Å². The number of aromatic amines is 2. The number of imidazole rings is 2. The minimum atomic E-state index is -0.543. The van der Waals surface area contributed by atoms with Crippen LogP contribution < -0.4 is 0 Å². The minimum absolute atomic E-state index is 0.0864. The van der Waals surface area contributed by atoms with E-state index in [2.05, 4.69) is 70.6 Å². The standard InChI is InChI=1S/C44H50N6O4/c1-42(2,3)53-40(51)49-25-44(17-18-44)22-36(49)38-45-24-35(47-38)31-14-13-29-19-28(11-12-30(29)20-31)26-7-9-27(10-8-26)34-23-46-39(48-34)37-32-15-16-33(21-32)50(37)41(52)54-43(4,5)6/h7-14,19-20,23-24,32-33,36-37H,15-18,21-22,25H2,1-6H3,(H,45,47)(H,46,48)/t32-,33+,36-,37-/m0/s1. The van der Waals surface area contributed by atoms with Gasteiger partial charge in [0, 0.05) is 18.2 Å². The van der Waals surface area contributed by atoms with E-state index >= 15 is 0 Å². The van der Waals surface area contributed by atoms with Gasteiger partial charge in [0.05, 0.1) is 35.9 Å². The van der Waals surface area contributed by atoms with Crippen molar-refractivity contribution in [3.05, 3.63) is 84.7 Å². The van der Waals surface area contributed by atoms with Gasteiger partial charge in [0.25, 0.3) is 0 Å². The number of H-pyrrole nitrogens is 2. The average molecular weight is 727 g/mol. The number of hydrogen-bond acceptors (Lipinski definition) is 6. The van der Waals surface area contributed by atoms with Gasteiger partial charge in [0.15, 0.2) is 0 Å². The van der Waals surface area contributed by atoms with Crippen LogP contribution in [0, 0.1) is 11.3 Å². The largest absolute Gasteiger partial charge is 0.444 e. The molecule has 4 fully saturated rings. The van der Waals surface area contributed by atoms with E-state index in [0.717, 1.165) is 101 Å². The van der Waals surface area contributed by atoms with E-state index in [1.807, 2.05) is 63.7 Å². The number of fused-ring (bicyclic) bond motifs is 3. The van der Waals surface area contributed by atoms with Crippen LogP contribution in [0.5, 0.6) is 0 Å². The summed E-state index contributed by atoms with van der Waals surface area (Å²) < 4.78 is 11.6. The van der Waals surface area contributed by atoms with Gasteiger partial charge in [0.2, 0.25) is 0 Å². The summed E-state index contributed by atoms with van der Waals surface area (Å²) in [5, 5.41) is 2.30. The number of ether oxygens (including phenoxy) is 2. The molecule has 0 radical (unpaired) electrons. The number of carbonyl (C=O) groups excluding carboxylic acids is 2. The summed E-state index contributed by atoms with van der Waals surface area (Å²) in [6, 6.07) is 21.6. The number of amides is 2. The van der Waals surface area contributed by atoms with Crippen LogP contribution >= 0.6 is 0 Å². The summed E-state index contributed by atoms with van der Waals surface area (Å²) in [4.78, 5) is 46.9. The predicted octanol–water partition coefficient (Wildman–Crippen LogP) is 10.2. The van der Waals surface area contributed by atoms with Crippen molar-refractivity contribution in [1.82, 2.24) is 29.7 Å². The highest BCUT2D eigenvalue weighted by atomic mass is 16.6. The van der Waals surface area contributed by atoms with Crippen molar-refractivity contribution in [1.29, 1.82) is 0 Å². The van der Waals surface area contributed by atoms with E-state index in [-0.39, 0.29) is 35.7 Å². The molecular weight excluding hydrogens is 677 g/mol. The molecule has 2 aromatic heterocycles. The summed E-state index contributed by atoms with van der Waals surface area (Å²) in [7, 11) is 0. The molecule has 54 heavy (non-hydrogen) atoms. The second kappa shape index (κ2) is 12.5. The van der Waals surface area contributed by atoms with E-state index < -0.39 is 11.2 Å². The number of carbonyl (C=O) groups is 2. The van der Waals surface area contributed by atoms with E-state index in [0.29, 0.717) is 5.92 Å². The van der Waals surface area contributed by atoms with Gasteiger partial charge in [-0.25, -0.2) is 19.6 Å². The first-order chi connectivity index (χ1) is 25.7. The Morgan fingerprint density at radius 1 is 0.722 bits per heavy atom. The van der Waals surface area contributed by atoms with Gasteiger partial charge in [-0.15, -0.1) is 0 Å². The molecule has 5 aromatic rings. The van der Waals surface area contributed by atoms with Crippen molar-refractivity contribution in [2.24, 2.45) is 11.3 Å². The smallest absolute Gasteiger partial charge is 0.411 e. The highest BCUT2D eigenvalue weighted by Gasteiger charge is 2.55. The van der Waals surface area contributed by atoms with Gasteiger partial charge in [-0.3, -0.25) is 9.80 Å². The molecule has 10 nitrogen and oxygen atoms in total. The maximum Gasteiger partial charge on any atom is 0.411 e. The second-order valence-corrected chi connectivity index (χ2v) is 18.1.